The van der Waals surface area contributed by atoms with Gasteiger partial charge in [-0.2, -0.15) is 0 Å². The van der Waals surface area contributed by atoms with Gasteiger partial charge in [0.1, 0.15) is 5.75 Å². The number of benzene rings is 1. The monoisotopic (exact) mass is 312 g/mol. The van der Waals surface area contributed by atoms with Gasteiger partial charge in [0.05, 0.1) is 17.6 Å². The van der Waals surface area contributed by atoms with Gasteiger partial charge < -0.3 is 15.0 Å². The molecule has 1 fully saturated rings. The normalized spacial score (nSPS) is 19.4. The molecule has 1 atom stereocenters. The van der Waals surface area contributed by atoms with E-state index in [1.54, 1.807) is 7.11 Å². The van der Waals surface area contributed by atoms with Crippen molar-refractivity contribution in [2.75, 3.05) is 25.1 Å². The SMILES string of the molecule is CCNC1CCN(c2ccc(OC)c(Br)c2)C1=O. The molecule has 0 radical (unpaired) electrons. The number of rotatable bonds is 4. The van der Waals surface area contributed by atoms with Crippen LogP contribution >= 0.6 is 15.9 Å². The van der Waals surface area contributed by atoms with Crippen molar-refractivity contribution in [3.05, 3.63) is 22.7 Å². The van der Waals surface area contributed by atoms with Crippen LogP contribution in [-0.4, -0.2) is 32.1 Å². The standard InChI is InChI=1S/C13H17BrN2O2/c1-3-15-11-6-7-16(13(11)17)9-4-5-12(18-2)10(14)8-9/h4-5,8,11,15H,3,6-7H2,1-2H3. The van der Waals surface area contributed by atoms with Crippen LogP contribution in [0.3, 0.4) is 0 Å². The number of likely N-dealkylation sites (N-methyl/N-ethyl adjacent to an activating group) is 1. The molecule has 0 aliphatic carbocycles. The summed E-state index contributed by atoms with van der Waals surface area (Å²) in [4.78, 5) is 14.0. The van der Waals surface area contributed by atoms with Crippen molar-refractivity contribution in [2.45, 2.75) is 19.4 Å². The van der Waals surface area contributed by atoms with Gasteiger partial charge in [-0.05, 0) is 47.1 Å². The zero-order chi connectivity index (χ0) is 13.1. The summed E-state index contributed by atoms with van der Waals surface area (Å²) in [6.07, 6.45) is 0.857. The summed E-state index contributed by atoms with van der Waals surface area (Å²) >= 11 is 3.44. The van der Waals surface area contributed by atoms with Crippen LogP contribution in [0.1, 0.15) is 13.3 Å². The van der Waals surface area contributed by atoms with Crippen LogP contribution < -0.4 is 15.0 Å². The van der Waals surface area contributed by atoms with Gasteiger partial charge in [-0.1, -0.05) is 6.92 Å². The third-order valence-electron chi connectivity index (χ3n) is 3.10. The van der Waals surface area contributed by atoms with E-state index in [4.69, 9.17) is 4.74 Å². The van der Waals surface area contributed by atoms with E-state index in [0.717, 1.165) is 35.4 Å². The molecule has 1 unspecified atom stereocenters. The Bertz CT molecular complexity index is 451. The Morgan fingerprint density at radius 1 is 1.56 bits per heavy atom. The first-order valence-corrected chi connectivity index (χ1v) is 6.85. The molecule has 2 rings (SSSR count). The molecule has 0 bridgehead atoms. The zero-order valence-electron chi connectivity index (χ0n) is 10.6. The van der Waals surface area contributed by atoms with Crippen molar-refractivity contribution in [3.8, 4) is 5.75 Å². The summed E-state index contributed by atoms with van der Waals surface area (Å²) < 4.78 is 6.05. The quantitative estimate of drug-likeness (QED) is 0.926. The molecule has 5 heteroatoms. The molecule has 1 heterocycles. The van der Waals surface area contributed by atoms with Crippen LogP contribution in [0, 0.1) is 0 Å². The fraction of sp³-hybridized carbons (Fsp3) is 0.462. The lowest BCUT2D eigenvalue weighted by Gasteiger charge is -2.18. The Morgan fingerprint density at radius 2 is 2.33 bits per heavy atom. The van der Waals surface area contributed by atoms with E-state index < -0.39 is 0 Å². The largest absolute Gasteiger partial charge is 0.496 e. The summed E-state index contributed by atoms with van der Waals surface area (Å²) in [7, 11) is 1.63. The number of amides is 1. The lowest BCUT2D eigenvalue weighted by atomic mass is 10.2. The molecule has 1 saturated heterocycles. The van der Waals surface area contributed by atoms with E-state index in [1.165, 1.54) is 0 Å². The Kier molecular flexibility index (Phi) is 4.24. The highest BCUT2D eigenvalue weighted by molar-refractivity contribution is 9.10. The van der Waals surface area contributed by atoms with Crippen LogP contribution in [-0.2, 0) is 4.79 Å². The minimum Gasteiger partial charge on any atom is -0.496 e. The topological polar surface area (TPSA) is 41.6 Å². The molecule has 0 spiro atoms. The van der Waals surface area contributed by atoms with Gasteiger partial charge in [0, 0.05) is 12.2 Å². The summed E-state index contributed by atoms with van der Waals surface area (Å²) in [6, 6.07) is 5.66. The minimum atomic E-state index is -0.0455. The molecule has 1 aromatic rings. The Labute approximate surface area is 115 Å². The Morgan fingerprint density at radius 3 is 2.94 bits per heavy atom. The van der Waals surface area contributed by atoms with E-state index in [0.29, 0.717) is 0 Å². The number of nitrogens with one attached hydrogen (secondary N) is 1. The average molecular weight is 313 g/mol. The smallest absolute Gasteiger partial charge is 0.244 e. The molecule has 98 valence electrons. The Balaban J connectivity index is 2.18. The predicted molar refractivity (Wildman–Crippen MR) is 75.1 cm³/mol. The molecular weight excluding hydrogens is 296 g/mol. The molecule has 0 aromatic heterocycles. The van der Waals surface area contributed by atoms with Crippen molar-refractivity contribution in [3.63, 3.8) is 0 Å². The van der Waals surface area contributed by atoms with Gasteiger partial charge in [-0.3, -0.25) is 4.79 Å². The third-order valence-corrected chi connectivity index (χ3v) is 3.72. The van der Waals surface area contributed by atoms with Gasteiger partial charge >= 0.3 is 0 Å². The van der Waals surface area contributed by atoms with Crippen molar-refractivity contribution >= 4 is 27.5 Å². The van der Waals surface area contributed by atoms with E-state index in [9.17, 15) is 4.79 Å². The van der Waals surface area contributed by atoms with E-state index in [1.807, 2.05) is 30.0 Å². The molecule has 18 heavy (non-hydrogen) atoms. The second-order valence-corrected chi connectivity index (χ2v) is 5.06. The van der Waals surface area contributed by atoms with Crippen LogP contribution in [0.25, 0.3) is 0 Å². The molecule has 4 nitrogen and oxygen atoms in total. The number of methoxy groups -OCH3 is 1. The van der Waals surface area contributed by atoms with Crippen molar-refractivity contribution < 1.29 is 9.53 Å². The van der Waals surface area contributed by atoms with Gasteiger partial charge in [0.25, 0.3) is 0 Å². The predicted octanol–water partition coefficient (Wildman–Crippen LogP) is 2.17. The van der Waals surface area contributed by atoms with E-state index in [2.05, 4.69) is 21.2 Å². The van der Waals surface area contributed by atoms with Crippen molar-refractivity contribution in [1.82, 2.24) is 5.32 Å². The highest BCUT2D eigenvalue weighted by Gasteiger charge is 2.31. The van der Waals surface area contributed by atoms with Crippen molar-refractivity contribution in [1.29, 1.82) is 0 Å². The summed E-state index contributed by atoms with van der Waals surface area (Å²) in [5.41, 5.74) is 0.910. The molecule has 1 N–H and O–H groups in total. The lowest BCUT2D eigenvalue weighted by Crippen LogP contribution is -2.38. The first-order valence-electron chi connectivity index (χ1n) is 6.05. The van der Waals surface area contributed by atoms with E-state index in [-0.39, 0.29) is 11.9 Å². The molecule has 1 aromatic carbocycles. The first kappa shape index (κ1) is 13.4. The maximum Gasteiger partial charge on any atom is 0.244 e. The summed E-state index contributed by atoms with van der Waals surface area (Å²) in [5.74, 6) is 0.919. The van der Waals surface area contributed by atoms with Gasteiger partial charge in [0.15, 0.2) is 0 Å². The number of ether oxygens (including phenoxy) is 1. The fourth-order valence-corrected chi connectivity index (χ4v) is 2.72. The van der Waals surface area contributed by atoms with Crippen molar-refractivity contribution in [2.24, 2.45) is 0 Å². The van der Waals surface area contributed by atoms with Crippen LogP contribution in [0.4, 0.5) is 5.69 Å². The molecular formula is C13H17BrN2O2. The third kappa shape index (κ3) is 2.52. The summed E-state index contributed by atoms with van der Waals surface area (Å²) in [5, 5.41) is 3.20. The van der Waals surface area contributed by atoms with E-state index >= 15 is 0 Å². The molecule has 1 aliphatic rings. The van der Waals surface area contributed by atoms with Gasteiger partial charge in [-0.25, -0.2) is 0 Å². The fourth-order valence-electron chi connectivity index (χ4n) is 2.20. The summed E-state index contributed by atoms with van der Waals surface area (Å²) in [6.45, 7) is 3.59. The second-order valence-electron chi connectivity index (χ2n) is 4.21. The van der Waals surface area contributed by atoms with Gasteiger partial charge in [-0.15, -0.1) is 0 Å². The minimum absolute atomic E-state index is 0.0455. The highest BCUT2D eigenvalue weighted by Crippen LogP contribution is 2.31. The number of hydrogen-bond acceptors (Lipinski definition) is 3. The first-order chi connectivity index (χ1) is 8.67. The van der Waals surface area contributed by atoms with Crippen LogP contribution in [0.2, 0.25) is 0 Å². The maximum atomic E-state index is 12.2. The lowest BCUT2D eigenvalue weighted by molar-refractivity contribution is -0.118. The van der Waals surface area contributed by atoms with Crippen LogP contribution in [0.15, 0.2) is 22.7 Å². The number of halogens is 1. The highest BCUT2D eigenvalue weighted by atomic mass is 79.9. The molecule has 1 amide bonds. The van der Waals surface area contributed by atoms with Crippen LogP contribution in [0.5, 0.6) is 5.75 Å². The average Bonchev–Trinajstić information content (AvgIpc) is 2.72. The number of carbonyl (C=O) groups excluding carboxylic acids is 1. The number of anilines is 1. The second kappa shape index (κ2) is 5.71. The Hall–Kier alpha value is -1.07. The molecule has 0 saturated carbocycles. The number of carbonyl (C=O) groups is 1. The zero-order valence-corrected chi connectivity index (χ0v) is 12.2. The molecule has 1 aliphatic heterocycles. The number of hydrogen-bond donors (Lipinski definition) is 1. The van der Waals surface area contributed by atoms with Gasteiger partial charge in [0.2, 0.25) is 5.91 Å². The maximum absolute atomic E-state index is 12.2. The number of nitrogens with zero attached hydrogens (tertiary/aromatic N) is 1.